The molecular weight excluding hydrogens is 200 g/mol. The van der Waals surface area contributed by atoms with Gasteiger partial charge in [-0.05, 0) is 18.6 Å². The molecule has 0 saturated carbocycles. The number of benzene rings is 1. The zero-order chi connectivity index (χ0) is 10.2. The predicted octanol–water partition coefficient (Wildman–Crippen LogP) is 1.13. The second kappa shape index (κ2) is 3.25. The highest BCUT2D eigenvalue weighted by molar-refractivity contribution is 7.89. The molecule has 1 aromatic rings. The van der Waals surface area contributed by atoms with Crippen LogP contribution in [0.2, 0.25) is 0 Å². The largest absolute Gasteiger partial charge is 0.368 e. The fourth-order valence-corrected chi connectivity index (χ4v) is 2.87. The third-order valence-electron chi connectivity index (χ3n) is 2.21. The first-order valence-electron chi connectivity index (χ1n) is 4.51. The van der Waals surface area contributed by atoms with Gasteiger partial charge in [-0.25, -0.2) is 8.42 Å². The SMILES string of the molecule is CCC1Nc2ccccc2S(=O)(=O)N1. The van der Waals surface area contributed by atoms with Crippen molar-refractivity contribution >= 4 is 15.7 Å². The molecule has 14 heavy (non-hydrogen) atoms. The number of rotatable bonds is 1. The molecule has 5 heteroatoms. The maximum absolute atomic E-state index is 11.7. The number of sulfonamides is 1. The predicted molar refractivity (Wildman–Crippen MR) is 54.5 cm³/mol. The molecule has 1 aliphatic heterocycles. The Hall–Kier alpha value is -1.07. The van der Waals surface area contributed by atoms with E-state index in [1.54, 1.807) is 18.2 Å². The molecule has 2 rings (SSSR count). The lowest BCUT2D eigenvalue weighted by atomic mass is 10.3. The van der Waals surface area contributed by atoms with Gasteiger partial charge >= 0.3 is 0 Å². The van der Waals surface area contributed by atoms with Gasteiger partial charge in [0.2, 0.25) is 10.0 Å². The molecular formula is C9H12N2O2S. The first-order valence-corrected chi connectivity index (χ1v) is 5.99. The van der Waals surface area contributed by atoms with Crippen LogP contribution >= 0.6 is 0 Å². The molecule has 2 N–H and O–H groups in total. The van der Waals surface area contributed by atoms with E-state index >= 15 is 0 Å². The molecule has 0 spiro atoms. The number of anilines is 1. The molecule has 1 atom stereocenters. The molecule has 1 heterocycles. The van der Waals surface area contributed by atoms with Gasteiger partial charge in [-0.2, -0.15) is 4.72 Å². The van der Waals surface area contributed by atoms with Crippen LogP contribution in [0.1, 0.15) is 13.3 Å². The Morgan fingerprint density at radius 1 is 1.36 bits per heavy atom. The van der Waals surface area contributed by atoms with Crippen molar-refractivity contribution in [1.29, 1.82) is 0 Å². The molecule has 0 saturated heterocycles. The Kier molecular flexibility index (Phi) is 2.20. The summed E-state index contributed by atoms with van der Waals surface area (Å²) in [6, 6.07) is 6.90. The minimum atomic E-state index is -3.32. The van der Waals surface area contributed by atoms with Gasteiger partial charge in [-0.1, -0.05) is 19.1 Å². The number of nitrogens with one attached hydrogen (secondary N) is 2. The topological polar surface area (TPSA) is 58.2 Å². The van der Waals surface area contributed by atoms with Gasteiger partial charge in [-0.3, -0.25) is 0 Å². The normalized spacial score (nSPS) is 23.6. The van der Waals surface area contributed by atoms with E-state index in [-0.39, 0.29) is 6.17 Å². The van der Waals surface area contributed by atoms with Gasteiger partial charge in [0.25, 0.3) is 0 Å². The smallest absolute Gasteiger partial charge is 0.244 e. The number of hydrogen-bond acceptors (Lipinski definition) is 3. The second-order valence-corrected chi connectivity index (χ2v) is 4.91. The summed E-state index contributed by atoms with van der Waals surface area (Å²) in [5.41, 5.74) is 0.679. The molecule has 0 aromatic heterocycles. The maximum atomic E-state index is 11.7. The molecule has 0 bridgehead atoms. The van der Waals surface area contributed by atoms with Crippen molar-refractivity contribution in [2.24, 2.45) is 0 Å². The zero-order valence-electron chi connectivity index (χ0n) is 7.82. The first kappa shape index (κ1) is 9.48. The summed E-state index contributed by atoms with van der Waals surface area (Å²) < 4.78 is 25.9. The summed E-state index contributed by atoms with van der Waals surface area (Å²) in [5.74, 6) is 0. The first-order chi connectivity index (χ1) is 6.63. The van der Waals surface area contributed by atoms with E-state index in [4.69, 9.17) is 0 Å². The van der Waals surface area contributed by atoms with Crippen LogP contribution in [0.3, 0.4) is 0 Å². The van der Waals surface area contributed by atoms with E-state index < -0.39 is 10.0 Å². The van der Waals surface area contributed by atoms with E-state index in [9.17, 15) is 8.42 Å². The molecule has 1 unspecified atom stereocenters. The number of fused-ring (bicyclic) bond motifs is 1. The lowest BCUT2D eigenvalue weighted by Crippen LogP contribution is -2.44. The third-order valence-corrected chi connectivity index (χ3v) is 3.74. The Morgan fingerprint density at radius 2 is 2.07 bits per heavy atom. The van der Waals surface area contributed by atoms with E-state index in [0.717, 1.165) is 0 Å². The Balaban J connectivity index is 2.53. The highest BCUT2D eigenvalue weighted by Crippen LogP contribution is 2.25. The summed E-state index contributed by atoms with van der Waals surface area (Å²) in [5, 5.41) is 3.11. The number of hydrogen-bond donors (Lipinski definition) is 2. The highest BCUT2D eigenvalue weighted by atomic mass is 32.2. The molecule has 0 fully saturated rings. The van der Waals surface area contributed by atoms with Crippen molar-refractivity contribution < 1.29 is 8.42 Å². The van der Waals surface area contributed by atoms with E-state index in [2.05, 4.69) is 10.0 Å². The lowest BCUT2D eigenvalue weighted by molar-refractivity contribution is 0.551. The van der Waals surface area contributed by atoms with Crippen molar-refractivity contribution in [3.8, 4) is 0 Å². The second-order valence-electron chi connectivity index (χ2n) is 3.22. The molecule has 1 aliphatic rings. The molecule has 0 radical (unpaired) electrons. The van der Waals surface area contributed by atoms with Gasteiger partial charge < -0.3 is 5.32 Å². The monoisotopic (exact) mass is 212 g/mol. The minimum Gasteiger partial charge on any atom is -0.368 e. The van der Waals surface area contributed by atoms with Crippen LogP contribution in [-0.2, 0) is 10.0 Å². The quantitative estimate of drug-likeness (QED) is 0.733. The van der Waals surface area contributed by atoms with Gasteiger partial charge in [0.15, 0.2) is 0 Å². The highest BCUT2D eigenvalue weighted by Gasteiger charge is 2.27. The van der Waals surface area contributed by atoms with Gasteiger partial charge in [0.05, 0.1) is 11.9 Å². The Morgan fingerprint density at radius 3 is 2.79 bits per heavy atom. The van der Waals surface area contributed by atoms with Crippen LogP contribution in [0.25, 0.3) is 0 Å². The van der Waals surface area contributed by atoms with E-state index in [0.29, 0.717) is 17.0 Å². The molecule has 0 amide bonds. The van der Waals surface area contributed by atoms with E-state index in [1.165, 1.54) is 0 Å². The zero-order valence-corrected chi connectivity index (χ0v) is 8.64. The number of para-hydroxylation sites is 1. The molecule has 4 nitrogen and oxygen atoms in total. The van der Waals surface area contributed by atoms with Crippen LogP contribution in [-0.4, -0.2) is 14.6 Å². The summed E-state index contributed by atoms with van der Waals surface area (Å²) in [7, 11) is -3.32. The van der Waals surface area contributed by atoms with Crippen LogP contribution in [0.4, 0.5) is 5.69 Å². The van der Waals surface area contributed by atoms with Crippen molar-refractivity contribution in [2.45, 2.75) is 24.4 Å². The minimum absolute atomic E-state index is 0.199. The van der Waals surface area contributed by atoms with Crippen LogP contribution in [0.15, 0.2) is 29.2 Å². The van der Waals surface area contributed by atoms with Gasteiger partial charge in [-0.15, -0.1) is 0 Å². The van der Waals surface area contributed by atoms with Crippen LogP contribution in [0.5, 0.6) is 0 Å². The van der Waals surface area contributed by atoms with Gasteiger partial charge in [0, 0.05) is 0 Å². The maximum Gasteiger partial charge on any atom is 0.244 e. The fourth-order valence-electron chi connectivity index (χ4n) is 1.47. The van der Waals surface area contributed by atoms with E-state index in [1.807, 2.05) is 13.0 Å². The van der Waals surface area contributed by atoms with Crippen LogP contribution in [0, 0.1) is 0 Å². The van der Waals surface area contributed by atoms with Crippen LogP contribution < -0.4 is 10.0 Å². The molecule has 0 aliphatic carbocycles. The summed E-state index contributed by atoms with van der Waals surface area (Å²) >= 11 is 0. The van der Waals surface area contributed by atoms with Crippen molar-refractivity contribution in [2.75, 3.05) is 5.32 Å². The third kappa shape index (κ3) is 1.49. The average molecular weight is 212 g/mol. The molecule has 1 aromatic carbocycles. The van der Waals surface area contributed by atoms with Gasteiger partial charge in [0.1, 0.15) is 4.90 Å². The summed E-state index contributed by atoms with van der Waals surface area (Å²) in [6.07, 6.45) is 0.517. The van der Waals surface area contributed by atoms with Crippen molar-refractivity contribution in [3.63, 3.8) is 0 Å². The average Bonchev–Trinajstić information content (AvgIpc) is 2.17. The fraction of sp³-hybridized carbons (Fsp3) is 0.333. The summed E-state index contributed by atoms with van der Waals surface area (Å²) in [6.45, 7) is 1.92. The lowest BCUT2D eigenvalue weighted by Gasteiger charge is -2.26. The standard InChI is InChI=1S/C9H12N2O2S/c1-2-9-10-7-5-3-4-6-8(7)14(12,13)11-9/h3-6,9-11H,2H2,1H3. The van der Waals surface area contributed by atoms with Crippen molar-refractivity contribution in [3.05, 3.63) is 24.3 Å². The Bertz CT molecular complexity index is 442. The Labute approximate surface area is 83.4 Å². The summed E-state index contributed by atoms with van der Waals surface area (Å²) in [4.78, 5) is 0.324. The molecule has 76 valence electrons. The van der Waals surface area contributed by atoms with Crippen molar-refractivity contribution in [1.82, 2.24) is 4.72 Å².